The molecule has 7 nitrogen and oxygen atoms in total. The van der Waals surface area contributed by atoms with E-state index < -0.39 is 29.0 Å². The van der Waals surface area contributed by atoms with Gasteiger partial charge in [0.25, 0.3) is 0 Å². The molecule has 3 aromatic rings. The number of hydrogen-bond acceptors (Lipinski definition) is 5. The van der Waals surface area contributed by atoms with E-state index >= 15 is 0 Å². The summed E-state index contributed by atoms with van der Waals surface area (Å²) in [5, 5.41) is 13.3. The number of thioether (sulfide) groups is 1. The van der Waals surface area contributed by atoms with Gasteiger partial charge in [0.1, 0.15) is 5.82 Å². The molecule has 0 saturated carbocycles. The van der Waals surface area contributed by atoms with Crippen molar-refractivity contribution in [2.75, 3.05) is 16.4 Å². The maximum absolute atomic E-state index is 13.7. The molecule has 1 heterocycles. The lowest BCUT2D eigenvalue weighted by molar-refractivity contribution is -0.116. The fraction of sp³-hybridized carbons (Fsp3) is 0.238. The summed E-state index contributed by atoms with van der Waals surface area (Å²) in [6, 6.07) is 9.15. The van der Waals surface area contributed by atoms with Gasteiger partial charge in [0.05, 0.1) is 17.9 Å². The third-order valence-electron chi connectivity index (χ3n) is 4.56. The quantitative estimate of drug-likeness (QED) is 0.393. The van der Waals surface area contributed by atoms with Crippen LogP contribution in [0.2, 0.25) is 0 Å². The van der Waals surface area contributed by atoms with E-state index in [-0.39, 0.29) is 18.1 Å². The van der Waals surface area contributed by atoms with Crippen molar-refractivity contribution in [1.82, 2.24) is 14.8 Å². The molecular weight excluding hydrogens is 443 g/mol. The number of anilines is 2. The Labute approximate surface area is 186 Å². The molecule has 0 aliphatic rings. The molecule has 0 aliphatic carbocycles. The minimum absolute atomic E-state index is 0.0195. The summed E-state index contributed by atoms with van der Waals surface area (Å²) in [4.78, 5) is 24.5. The first-order valence-electron chi connectivity index (χ1n) is 9.62. The van der Waals surface area contributed by atoms with E-state index in [4.69, 9.17) is 0 Å². The van der Waals surface area contributed by atoms with E-state index in [9.17, 15) is 22.8 Å². The van der Waals surface area contributed by atoms with Crippen molar-refractivity contribution in [3.63, 3.8) is 0 Å². The highest BCUT2D eigenvalue weighted by atomic mass is 32.2. The number of aryl methyl sites for hydroxylation is 1. The average Bonchev–Trinajstić information content (AvgIpc) is 3.12. The Bertz CT molecular complexity index is 1150. The summed E-state index contributed by atoms with van der Waals surface area (Å²) in [7, 11) is 1.65. The van der Waals surface area contributed by atoms with Gasteiger partial charge in [-0.1, -0.05) is 36.9 Å². The van der Waals surface area contributed by atoms with Crippen molar-refractivity contribution in [2.45, 2.75) is 24.9 Å². The number of nitrogens with one attached hydrogen (secondary N) is 2. The topological polar surface area (TPSA) is 88.9 Å². The second-order valence-corrected chi connectivity index (χ2v) is 7.70. The predicted molar refractivity (Wildman–Crippen MR) is 115 cm³/mol. The van der Waals surface area contributed by atoms with Crippen LogP contribution in [-0.2, 0) is 29.5 Å². The maximum Gasteiger partial charge on any atom is 0.234 e. The van der Waals surface area contributed by atoms with Gasteiger partial charge >= 0.3 is 0 Å². The molecule has 2 N–H and O–H groups in total. The number of benzene rings is 2. The molecule has 168 valence electrons. The van der Waals surface area contributed by atoms with Crippen LogP contribution in [-0.4, -0.2) is 32.3 Å². The molecule has 0 aliphatic heterocycles. The minimum atomic E-state index is -1.66. The van der Waals surface area contributed by atoms with Crippen LogP contribution in [0.15, 0.2) is 41.6 Å². The second-order valence-electron chi connectivity index (χ2n) is 6.75. The highest BCUT2D eigenvalue weighted by Crippen LogP contribution is 2.21. The molecule has 2 aromatic carbocycles. The van der Waals surface area contributed by atoms with Gasteiger partial charge in [-0.15, -0.1) is 10.2 Å². The number of rotatable bonds is 8. The molecule has 0 fully saturated rings. The van der Waals surface area contributed by atoms with Crippen LogP contribution in [0.3, 0.4) is 0 Å². The van der Waals surface area contributed by atoms with E-state index in [0.29, 0.717) is 11.0 Å². The van der Waals surface area contributed by atoms with E-state index in [1.807, 2.05) is 31.2 Å². The fourth-order valence-electron chi connectivity index (χ4n) is 2.85. The van der Waals surface area contributed by atoms with Gasteiger partial charge in [0.15, 0.2) is 22.6 Å². The number of halogens is 3. The molecule has 11 heteroatoms. The first kappa shape index (κ1) is 23.3. The van der Waals surface area contributed by atoms with Crippen LogP contribution in [0, 0.1) is 17.5 Å². The van der Waals surface area contributed by atoms with Crippen molar-refractivity contribution in [3.05, 3.63) is 65.2 Å². The van der Waals surface area contributed by atoms with E-state index in [1.165, 1.54) is 0 Å². The van der Waals surface area contributed by atoms with Gasteiger partial charge in [-0.05, 0) is 30.2 Å². The highest BCUT2D eigenvalue weighted by molar-refractivity contribution is 7.99. The van der Waals surface area contributed by atoms with Gasteiger partial charge in [0.2, 0.25) is 11.8 Å². The fourth-order valence-corrected chi connectivity index (χ4v) is 3.58. The Morgan fingerprint density at radius 3 is 2.44 bits per heavy atom. The van der Waals surface area contributed by atoms with E-state index in [1.54, 1.807) is 11.6 Å². The van der Waals surface area contributed by atoms with Crippen molar-refractivity contribution < 1.29 is 22.8 Å². The molecule has 3 rings (SSSR count). The van der Waals surface area contributed by atoms with Crippen molar-refractivity contribution in [1.29, 1.82) is 0 Å². The van der Waals surface area contributed by atoms with Crippen molar-refractivity contribution in [3.8, 4) is 0 Å². The molecule has 1 aromatic heterocycles. The summed E-state index contributed by atoms with van der Waals surface area (Å²) < 4.78 is 41.5. The lowest BCUT2D eigenvalue weighted by Gasteiger charge is -2.09. The predicted octanol–water partition coefficient (Wildman–Crippen LogP) is 3.71. The third kappa shape index (κ3) is 5.47. The smallest absolute Gasteiger partial charge is 0.234 e. The molecule has 32 heavy (non-hydrogen) atoms. The van der Waals surface area contributed by atoms with Gasteiger partial charge < -0.3 is 15.2 Å². The summed E-state index contributed by atoms with van der Waals surface area (Å²) >= 11 is 1.00. The summed E-state index contributed by atoms with van der Waals surface area (Å²) in [5.74, 6) is -5.16. The van der Waals surface area contributed by atoms with Gasteiger partial charge in [0, 0.05) is 12.7 Å². The number of carbonyl (C=O) groups is 2. The van der Waals surface area contributed by atoms with Crippen LogP contribution < -0.4 is 10.6 Å². The third-order valence-corrected chi connectivity index (χ3v) is 5.58. The number of hydrogen-bond donors (Lipinski definition) is 2. The molecule has 0 bridgehead atoms. The molecule has 2 amide bonds. The number of carbonyl (C=O) groups excluding carboxylic acids is 2. The largest absolute Gasteiger partial charge is 0.325 e. The number of aromatic nitrogens is 3. The minimum Gasteiger partial charge on any atom is -0.325 e. The van der Waals surface area contributed by atoms with Crippen LogP contribution >= 0.6 is 11.8 Å². The summed E-state index contributed by atoms with van der Waals surface area (Å²) in [5.41, 5.74) is 1.29. The van der Waals surface area contributed by atoms with E-state index in [0.717, 1.165) is 41.6 Å². The second kappa shape index (κ2) is 10.3. The monoisotopic (exact) mass is 463 g/mol. The van der Waals surface area contributed by atoms with Crippen LogP contribution in [0.1, 0.15) is 18.3 Å². The first-order chi connectivity index (χ1) is 15.3. The van der Waals surface area contributed by atoms with Crippen molar-refractivity contribution >= 4 is 35.0 Å². The van der Waals surface area contributed by atoms with Crippen molar-refractivity contribution in [2.24, 2.45) is 7.05 Å². The maximum atomic E-state index is 13.7. The Morgan fingerprint density at radius 1 is 0.969 bits per heavy atom. The normalized spacial score (nSPS) is 10.8. The van der Waals surface area contributed by atoms with E-state index in [2.05, 4.69) is 20.8 Å². The standard InChI is InChI=1S/C21H20F3N5O2S/c1-3-12-6-4-5-7-14(12)25-17(30)10-16-27-28-21(29(16)2)32-11-18(31)26-15-9-8-13(22)19(23)20(15)24/h4-9H,3,10-11H2,1-2H3,(H,25,30)(H,26,31). The number of nitrogens with zero attached hydrogens (tertiary/aromatic N) is 3. The SMILES string of the molecule is CCc1ccccc1NC(=O)Cc1nnc(SCC(=O)Nc2ccc(F)c(F)c2F)n1C. The Balaban J connectivity index is 1.57. The highest BCUT2D eigenvalue weighted by Gasteiger charge is 2.18. The summed E-state index contributed by atoms with van der Waals surface area (Å²) in [6.07, 6.45) is 0.756. The zero-order chi connectivity index (χ0) is 23.3. The number of amides is 2. The summed E-state index contributed by atoms with van der Waals surface area (Å²) in [6.45, 7) is 1.99. The van der Waals surface area contributed by atoms with Gasteiger partial charge in [-0.3, -0.25) is 9.59 Å². The Kier molecular flexibility index (Phi) is 7.52. The first-order valence-corrected chi connectivity index (χ1v) is 10.6. The Hall–Kier alpha value is -3.34. The molecule has 0 saturated heterocycles. The zero-order valence-corrected chi connectivity index (χ0v) is 18.1. The van der Waals surface area contributed by atoms with Crippen LogP contribution in [0.4, 0.5) is 24.5 Å². The molecular formula is C21H20F3N5O2S. The van der Waals surface area contributed by atoms with Gasteiger partial charge in [-0.25, -0.2) is 13.2 Å². The lowest BCUT2D eigenvalue weighted by Crippen LogP contribution is -2.18. The molecule has 0 atom stereocenters. The lowest BCUT2D eigenvalue weighted by atomic mass is 10.1. The molecule has 0 unspecified atom stereocenters. The average molecular weight is 463 g/mol. The van der Waals surface area contributed by atoms with Gasteiger partial charge in [-0.2, -0.15) is 0 Å². The molecule has 0 spiro atoms. The number of para-hydroxylation sites is 1. The Morgan fingerprint density at radius 2 is 1.69 bits per heavy atom. The zero-order valence-electron chi connectivity index (χ0n) is 17.3. The van der Waals surface area contributed by atoms with Crippen LogP contribution in [0.5, 0.6) is 0 Å². The molecule has 0 radical (unpaired) electrons. The van der Waals surface area contributed by atoms with Crippen LogP contribution in [0.25, 0.3) is 0 Å².